The highest BCUT2D eigenvalue weighted by molar-refractivity contribution is 5.78. The highest BCUT2D eigenvalue weighted by atomic mass is 16.1. The van der Waals surface area contributed by atoms with Crippen LogP contribution in [0.1, 0.15) is 5.56 Å². The molecule has 0 amide bonds. The average Bonchev–Trinajstić information content (AvgIpc) is 2.99. The molecule has 0 aliphatic rings. The Balaban J connectivity index is 1.78. The molecule has 21 heavy (non-hydrogen) atoms. The van der Waals surface area contributed by atoms with Gasteiger partial charge in [-0.25, -0.2) is 4.98 Å². The Labute approximate surface area is 119 Å². The van der Waals surface area contributed by atoms with Crippen LogP contribution >= 0.6 is 0 Å². The minimum atomic E-state index is -0.0711. The van der Waals surface area contributed by atoms with Gasteiger partial charge in [-0.2, -0.15) is 0 Å². The monoisotopic (exact) mass is 276 g/mol. The average molecular weight is 276 g/mol. The van der Waals surface area contributed by atoms with Gasteiger partial charge in [0.15, 0.2) is 0 Å². The minimum Gasteiger partial charge on any atom is -0.355 e. The van der Waals surface area contributed by atoms with Crippen molar-refractivity contribution in [2.24, 2.45) is 0 Å². The van der Waals surface area contributed by atoms with Gasteiger partial charge in [-0.3, -0.25) is 14.3 Å². The van der Waals surface area contributed by atoms with Crippen LogP contribution in [-0.4, -0.2) is 19.5 Å². The van der Waals surface area contributed by atoms with Crippen molar-refractivity contribution in [1.82, 2.24) is 19.5 Å². The third-order valence-corrected chi connectivity index (χ3v) is 3.54. The van der Waals surface area contributed by atoms with Crippen molar-refractivity contribution in [2.45, 2.75) is 6.54 Å². The maximum Gasteiger partial charge on any atom is 0.277 e. The molecule has 0 spiro atoms. The van der Waals surface area contributed by atoms with E-state index in [9.17, 15) is 4.79 Å². The summed E-state index contributed by atoms with van der Waals surface area (Å²) in [6, 6.07) is 11.8. The molecule has 5 heteroatoms. The maximum absolute atomic E-state index is 12.3. The van der Waals surface area contributed by atoms with Crippen LogP contribution in [0.5, 0.6) is 0 Å². The maximum atomic E-state index is 12.3. The zero-order valence-electron chi connectivity index (χ0n) is 11.2. The van der Waals surface area contributed by atoms with Gasteiger partial charge in [-0.05, 0) is 23.8 Å². The zero-order valence-corrected chi connectivity index (χ0v) is 11.2. The van der Waals surface area contributed by atoms with Crippen molar-refractivity contribution in [3.8, 4) is 0 Å². The first-order valence-electron chi connectivity index (χ1n) is 6.67. The number of H-pyrrole nitrogens is 1. The molecule has 5 nitrogen and oxygen atoms in total. The van der Waals surface area contributed by atoms with Crippen molar-refractivity contribution in [1.29, 1.82) is 0 Å². The number of aromatic nitrogens is 4. The molecule has 0 bridgehead atoms. The van der Waals surface area contributed by atoms with Crippen molar-refractivity contribution in [3.05, 3.63) is 71.0 Å². The molecule has 3 aromatic heterocycles. The predicted molar refractivity (Wildman–Crippen MR) is 81.2 cm³/mol. The van der Waals surface area contributed by atoms with Crippen LogP contribution in [0.15, 0.2) is 59.9 Å². The Bertz CT molecular complexity index is 1000. The van der Waals surface area contributed by atoms with Gasteiger partial charge in [0.25, 0.3) is 5.56 Å². The Hall–Kier alpha value is -2.95. The summed E-state index contributed by atoms with van der Waals surface area (Å²) in [5.74, 6) is 0. The summed E-state index contributed by atoms with van der Waals surface area (Å²) in [6.07, 6.45) is 5.10. The minimum absolute atomic E-state index is 0.0711. The summed E-state index contributed by atoms with van der Waals surface area (Å²) in [5, 5.41) is 1.07. The first-order valence-corrected chi connectivity index (χ1v) is 6.67. The van der Waals surface area contributed by atoms with E-state index in [4.69, 9.17) is 0 Å². The van der Waals surface area contributed by atoms with Crippen LogP contribution in [0.3, 0.4) is 0 Å². The second-order valence-electron chi connectivity index (χ2n) is 4.95. The molecule has 1 aromatic carbocycles. The van der Waals surface area contributed by atoms with E-state index in [0.29, 0.717) is 17.6 Å². The molecule has 3 heterocycles. The van der Waals surface area contributed by atoms with Gasteiger partial charge in [-0.15, -0.1) is 0 Å². The highest BCUT2D eigenvalue weighted by Gasteiger charge is 2.06. The summed E-state index contributed by atoms with van der Waals surface area (Å²) in [7, 11) is 0. The quantitative estimate of drug-likeness (QED) is 0.611. The van der Waals surface area contributed by atoms with E-state index in [0.717, 1.165) is 16.5 Å². The number of para-hydroxylation sites is 1. The molecular formula is C16H12N4O. The second kappa shape index (κ2) is 4.56. The fraction of sp³-hybridized carbons (Fsp3) is 0.0625. The lowest BCUT2D eigenvalue weighted by Crippen LogP contribution is -2.21. The van der Waals surface area contributed by atoms with Gasteiger partial charge >= 0.3 is 0 Å². The molecule has 0 atom stereocenters. The molecule has 0 aliphatic carbocycles. The Morgan fingerprint density at radius 2 is 2.00 bits per heavy atom. The van der Waals surface area contributed by atoms with Crippen molar-refractivity contribution in [2.75, 3.05) is 0 Å². The summed E-state index contributed by atoms with van der Waals surface area (Å²) >= 11 is 0. The SMILES string of the molecule is O=c1c2[nH]ccc2ncn1Cc1cnc2ccccc2c1. The lowest BCUT2D eigenvalue weighted by atomic mass is 10.1. The van der Waals surface area contributed by atoms with E-state index in [1.807, 2.05) is 30.3 Å². The van der Waals surface area contributed by atoms with E-state index in [-0.39, 0.29) is 5.56 Å². The molecule has 4 aromatic rings. The van der Waals surface area contributed by atoms with Crippen LogP contribution in [0, 0.1) is 0 Å². The van der Waals surface area contributed by atoms with Crippen LogP contribution in [0.4, 0.5) is 0 Å². The normalized spacial score (nSPS) is 11.2. The fourth-order valence-electron chi connectivity index (χ4n) is 2.48. The number of aromatic amines is 1. The molecule has 4 rings (SSSR count). The summed E-state index contributed by atoms with van der Waals surface area (Å²) in [6.45, 7) is 0.457. The molecule has 0 radical (unpaired) electrons. The molecule has 0 fully saturated rings. The van der Waals surface area contributed by atoms with Gasteiger partial charge in [0.05, 0.1) is 23.9 Å². The summed E-state index contributed by atoms with van der Waals surface area (Å²) in [5.41, 5.74) is 3.08. The van der Waals surface area contributed by atoms with Crippen molar-refractivity contribution >= 4 is 21.9 Å². The van der Waals surface area contributed by atoms with Crippen LogP contribution in [0.25, 0.3) is 21.9 Å². The molecule has 102 valence electrons. The summed E-state index contributed by atoms with van der Waals surface area (Å²) in [4.78, 5) is 23.9. The number of hydrogen-bond donors (Lipinski definition) is 1. The van der Waals surface area contributed by atoms with E-state index in [2.05, 4.69) is 15.0 Å². The largest absolute Gasteiger partial charge is 0.355 e. The third kappa shape index (κ3) is 1.99. The number of fused-ring (bicyclic) bond motifs is 2. The van der Waals surface area contributed by atoms with Gasteiger partial charge in [0.2, 0.25) is 0 Å². The second-order valence-corrected chi connectivity index (χ2v) is 4.95. The topological polar surface area (TPSA) is 63.6 Å². The van der Waals surface area contributed by atoms with E-state index in [1.165, 1.54) is 0 Å². The zero-order chi connectivity index (χ0) is 14.2. The number of pyridine rings is 1. The first-order chi connectivity index (χ1) is 10.3. The molecule has 0 aliphatic heterocycles. The van der Waals surface area contributed by atoms with Gasteiger partial charge < -0.3 is 4.98 Å². The van der Waals surface area contributed by atoms with Crippen LogP contribution in [0.2, 0.25) is 0 Å². The number of hydrogen-bond acceptors (Lipinski definition) is 3. The van der Waals surface area contributed by atoms with Gasteiger partial charge in [0.1, 0.15) is 5.52 Å². The fourth-order valence-corrected chi connectivity index (χ4v) is 2.48. The lowest BCUT2D eigenvalue weighted by Gasteiger charge is -2.06. The lowest BCUT2D eigenvalue weighted by molar-refractivity contribution is 0.745. The molecule has 0 unspecified atom stereocenters. The standard InChI is InChI=1S/C16H12N4O/c21-16-15-14(5-6-17-15)19-10-20(16)9-11-7-12-3-1-2-4-13(12)18-8-11/h1-8,10,17H,9H2. The predicted octanol–water partition coefficient (Wildman–Crippen LogP) is 2.32. The Morgan fingerprint density at radius 3 is 2.95 bits per heavy atom. The van der Waals surface area contributed by atoms with E-state index >= 15 is 0 Å². The third-order valence-electron chi connectivity index (χ3n) is 3.54. The van der Waals surface area contributed by atoms with Gasteiger partial charge in [-0.1, -0.05) is 18.2 Å². The highest BCUT2D eigenvalue weighted by Crippen LogP contribution is 2.13. The van der Waals surface area contributed by atoms with Crippen LogP contribution < -0.4 is 5.56 Å². The summed E-state index contributed by atoms with van der Waals surface area (Å²) < 4.78 is 1.59. The van der Waals surface area contributed by atoms with Crippen molar-refractivity contribution < 1.29 is 0 Å². The number of rotatable bonds is 2. The molecule has 1 N–H and O–H groups in total. The number of nitrogens with zero attached hydrogens (tertiary/aromatic N) is 3. The molecule has 0 saturated heterocycles. The molecule has 0 saturated carbocycles. The van der Waals surface area contributed by atoms with E-state index < -0.39 is 0 Å². The number of benzene rings is 1. The smallest absolute Gasteiger partial charge is 0.277 e. The van der Waals surface area contributed by atoms with Crippen molar-refractivity contribution in [3.63, 3.8) is 0 Å². The molecular weight excluding hydrogens is 264 g/mol. The Morgan fingerprint density at radius 1 is 1.10 bits per heavy atom. The Kier molecular flexibility index (Phi) is 2.57. The van der Waals surface area contributed by atoms with E-state index in [1.54, 1.807) is 29.4 Å². The van der Waals surface area contributed by atoms with Crippen LogP contribution in [-0.2, 0) is 6.54 Å². The van der Waals surface area contributed by atoms with Gasteiger partial charge in [0, 0.05) is 17.8 Å². The first kappa shape index (κ1) is 11.8. The number of nitrogens with one attached hydrogen (secondary N) is 1.